The summed E-state index contributed by atoms with van der Waals surface area (Å²) in [6.07, 6.45) is 0.876. The molecule has 0 radical (unpaired) electrons. The number of nitrogens with two attached hydrogens (primary N) is 1. The summed E-state index contributed by atoms with van der Waals surface area (Å²) in [5, 5.41) is 8.67. The van der Waals surface area contributed by atoms with Gasteiger partial charge in [0.25, 0.3) is 0 Å². The van der Waals surface area contributed by atoms with Crippen molar-refractivity contribution in [3.8, 4) is 0 Å². The van der Waals surface area contributed by atoms with Crippen LogP contribution >= 0.6 is 11.8 Å². The van der Waals surface area contributed by atoms with Gasteiger partial charge in [0.2, 0.25) is 5.91 Å². The molecule has 1 aliphatic heterocycles. The standard InChI is InChI=1S/C14H18N2O3S/c15-12(14(18)19)8-20-9-13(17)16-6-5-10-3-1-2-4-11(10)7-16/h1-4,12H,5-9,15H2,(H,18,19)/t12-/m0/s1. The summed E-state index contributed by atoms with van der Waals surface area (Å²) in [4.78, 5) is 24.5. The summed E-state index contributed by atoms with van der Waals surface area (Å²) >= 11 is 1.28. The summed E-state index contributed by atoms with van der Waals surface area (Å²) in [6.45, 7) is 1.36. The lowest BCUT2D eigenvalue weighted by Gasteiger charge is -2.28. The van der Waals surface area contributed by atoms with Crippen molar-refractivity contribution in [2.75, 3.05) is 18.1 Å². The number of amides is 1. The Morgan fingerprint density at radius 1 is 1.35 bits per heavy atom. The highest BCUT2D eigenvalue weighted by molar-refractivity contribution is 8.00. The van der Waals surface area contributed by atoms with Crippen molar-refractivity contribution in [2.45, 2.75) is 19.0 Å². The van der Waals surface area contributed by atoms with Crippen LogP contribution in [-0.4, -0.2) is 46.0 Å². The number of carbonyl (C=O) groups excluding carboxylic acids is 1. The van der Waals surface area contributed by atoms with Crippen LogP contribution in [0, 0.1) is 0 Å². The van der Waals surface area contributed by atoms with Crippen molar-refractivity contribution in [3.63, 3.8) is 0 Å². The van der Waals surface area contributed by atoms with Crippen LogP contribution in [0.5, 0.6) is 0 Å². The lowest BCUT2D eigenvalue weighted by molar-refractivity contribution is -0.138. The molecule has 0 bridgehead atoms. The lowest BCUT2D eigenvalue weighted by Crippen LogP contribution is -2.38. The Balaban J connectivity index is 1.81. The van der Waals surface area contributed by atoms with Gasteiger partial charge in [0.15, 0.2) is 0 Å². The van der Waals surface area contributed by atoms with Gasteiger partial charge in [-0.15, -0.1) is 11.8 Å². The van der Waals surface area contributed by atoms with Crippen molar-refractivity contribution in [2.24, 2.45) is 5.73 Å². The van der Waals surface area contributed by atoms with Crippen molar-refractivity contribution in [1.82, 2.24) is 4.90 Å². The van der Waals surface area contributed by atoms with Crippen molar-refractivity contribution in [1.29, 1.82) is 0 Å². The maximum Gasteiger partial charge on any atom is 0.321 e. The van der Waals surface area contributed by atoms with E-state index in [-0.39, 0.29) is 17.4 Å². The number of rotatable bonds is 5. The molecule has 1 aromatic rings. The summed E-state index contributed by atoms with van der Waals surface area (Å²) in [7, 11) is 0. The molecule has 20 heavy (non-hydrogen) atoms. The van der Waals surface area contributed by atoms with E-state index < -0.39 is 12.0 Å². The minimum absolute atomic E-state index is 0.0436. The second-order valence-electron chi connectivity index (χ2n) is 4.79. The van der Waals surface area contributed by atoms with E-state index in [9.17, 15) is 9.59 Å². The second-order valence-corrected chi connectivity index (χ2v) is 5.82. The molecule has 1 amide bonds. The van der Waals surface area contributed by atoms with E-state index in [4.69, 9.17) is 10.8 Å². The molecule has 0 saturated carbocycles. The Morgan fingerprint density at radius 2 is 2.05 bits per heavy atom. The van der Waals surface area contributed by atoms with Gasteiger partial charge >= 0.3 is 5.97 Å². The SMILES string of the molecule is N[C@@H](CSCC(=O)N1CCc2ccccc2C1)C(=O)O. The van der Waals surface area contributed by atoms with Gasteiger partial charge in [0.1, 0.15) is 6.04 Å². The molecule has 2 rings (SSSR count). The molecule has 1 atom stereocenters. The van der Waals surface area contributed by atoms with Crippen LogP contribution in [0.2, 0.25) is 0 Å². The predicted molar refractivity (Wildman–Crippen MR) is 78.5 cm³/mol. The Kier molecular flexibility index (Phi) is 5.03. The third-order valence-corrected chi connectivity index (χ3v) is 4.37. The Morgan fingerprint density at radius 3 is 2.75 bits per heavy atom. The summed E-state index contributed by atoms with van der Waals surface area (Å²) in [5.41, 5.74) is 7.90. The fraction of sp³-hybridized carbons (Fsp3) is 0.429. The van der Waals surface area contributed by atoms with Gasteiger partial charge in [-0.3, -0.25) is 9.59 Å². The monoisotopic (exact) mass is 294 g/mol. The van der Waals surface area contributed by atoms with Crippen molar-refractivity contribution in [3.05, 3.63) is 35.4 Å². The molecular weight excluding hydrogens is 276 g/mol. The van der Waals surface area contributed by atoms with E-state index in [2.05, 4.69) is 6.07 Å². The van der Waals surface area contributed by atoms with Crippen LogP contribution in [0.15, 0.2) is 24.3 Å². The number of carboxylic acids is 1. The smallest absolute Gasteiger partial charge is 0.321 e. The van der Waals surface area contributed by atoms with E-state index in [0.29, 0.717) is 6.54 Å². The quantitative estimate of drug-likeness (QED) is 0.836. The van der Waals surface area contributed by atoms with Crippen molar-refractivity contribution < 1.29 is 14.7 Å². The van der Waals surface area contributed by atoms with Crippen LogP contribution in [0.4, 0.5) is 0 Å². The Bertz CT molecular complexity index is 507. The van der Waals surface area contributed by atoms with Crippen LogP contribution in [0.3, 0.4) is 0 Å². The van der Waals surface area contributed by atoms with Crippen LogP contribution in [0.1, 0.15) is 11.1 Å². The molecule has 0 aromatic heterocycles. The fourth-order valence-electron chi connectivity index (χ4n) is 2.14. The van der Waals surface area contributed by atoms with Gasteiger partial charge in [0.05, 0.1) is 5.75 Å². The zero-order valence-corrected chi connectivity index (χ0v) is 11.9. The predicted octanol–water partition coefficient (Wildman–Crippen LogP) is 0.716. The van der Waals surface area contributed by atoms with Gasteiger partial charge in [-0.1, -0.05) is 24.3 Å². The molecule has 0 saturated heterocycles. The number of hydrogen-bond acceptors (Lipinski definition) is 4. The van der Waals surface area contributed by atoms with E-state index in [0.717, 1.165) is 13.0 Å². The second kappa shape index (κ2) is 6.76. The molecule has 0 fully saturated rings. The van der Waals surface area contributed by atoms with Gasteiger partial charge in [-0.2, -0.15) is 0 Å². The normalized spacial score (nSPS) is 15.6. The van der Waals surface area contributed by atoms with Gasteiger partial charge in [-0.25, -0.2) is 0 Å². The van der Waals surface area contributed by atoms with Crippen LogP contribution in [-0.2, 0) is 22.6 Å². The first-order valence-electron chi connectivity index (χ1n) is 6.48. The molecular formula is C14H18N2O3S. The molecule has 0 spiro atoms. The summed E-state index contributed by atoms with van der Waals surface area (Å²) in [5.74, 6) is -0.451. The molecule has 0 aliphatic carbocycles. The highest BCUT2D eigenvalue weighted by Gasteiger charge is 2.20. The van der Waals surface area contributed by atoms with E-state index in [1.807, 2.05) is 23.1 Å². The molecule has 108 valence electrons. The summed E-state index contributed by atoms with van der Waals surface area (Å²) < 4.78 is 0. The Labute approximate surface area is 122 Å². The molecule has 1 aromatic carbocycles. The summed E-state index contributed by atoms with van der Waals surface area (Å²) in [6, 6.07) is 7.22. The molecule has 0 unspecified atom stereocenters. The Hall–Kier alpha value is -1.53. The fourth-order valence-corrected chi connectivity index (χ4v) is 3.02. The first kappa shape index (κ1) is 14.9. The average molecular weight is 294 g/mol. The van der Waals surface area contributed by atoms with E-state index >= 15 is 0 Å². The van der Waals surface area contributed by atoms with Crippen molar-refractivity contribution >= 4 is 23.6 Å². The number of aliphatic carboxylic acids is 1. The number of hydrogen-bond donors (Lipinski definition) is 2. The van der Waals surface area contributed by atoms with Crippen LogP contribution < -0.4 is 5.73 Å². The third-order valence-electron chi connectivity index (χ3n) is 3.32. The molecule has 3 N–H and O–H groups in total. The largest absolute Gasteiger partial charge is 0.480 e. The first-order chi connectivity index (χ1) is 9.58. The number of thioether (sulfide) groups is 1. The maximum atomic E-state index is 12.1. The lowest BCUT2D eigenvalue weighted by atomic mass is 10.00. The topological polar surface area (TPSA) is 83.6 Å². The number of fused-ring (bicyclic) bond motifs is 1. The maximum absolute atomic E-state index is 12.1. The molecule has 1 heterocycles. The van der Waals surface area contributed by atoms with E-state index in [1.165, 1.54) is 22.9 Å². The minimum atomic E-state index is -1.03. The highest BCUT2D eigenvalue weighted by atomic mass is 32.2. The zero-order valence-electron chi connectivity index (χ0n) is 11.1. The average Bonchev–Trinajstić information content (AvgIpc) is 2.46. The number of carbonyl (C=O) groups is 2. The molecule has 1 aliphatic rings. The van der Waals surface area contributed by atoms with Gasteiger partial charge in [0, 0.05) is 18.8 Å². The van der Waals surface area contributed by atoms with Crippen LogP contribution in [0.25, 0.3) is 0 Å². The first-order valence-corrected chi connectivity index (χ1v) is 7.64. The number of benzene rings is 1. The highest BCUT2D eigenvalue weighted by Crippen LogP contribution is 2.19. The number of carboxylic acid groups (broad SMARTS) is 1. The zero-order chi connectivity index (χ0) is 14.5. The number of nitrogens with zero attached hydrogens (tertiary/aromatic N) is 1. The van der Waals surface area contributed by atoms with Gasteiger partial charge < -0.3 is 15.7 Å². The van der Waals surface area contributed by atoms with Gasteiger partial charge in [-0.05, 0) is 17.5 Å². The third kappa shape index (κ3) is 3.74. The molecule has 5 nitrogen and oxygen atoms in total. The molecule has 6 heteroatoms. The van der Waals surface area contributed by atoms with E-state index in [1.54, 1.807) is 0 Å². The minimum Gasteiger partial charge on any atom is -0.480 e.